The Bertz CT molecular complexity index is 305. The molecule has 0 spiro atoms. The van der Waals surface area contributed by atoms with Gasteiger partial charge in [-0.25, -0.2) is 0 Å². The first-order chi connectivity index (χ1) is 6.79. The Kier molecular flexibility index (Phi) is 5.57. The molecule has 0 bridgehead atoms. The Labute approximate surface area is 109 Å². The van der Waals surface area contributed by atoms with Gasteiger partial charge in [0.2, 0.25) is 0 Å². The number of hydrogen-bond acceptors (Lipinski definition) is 3. The molecule has 5 heteroatoms. The van der Waals surface area contributed by atoms with Crippen LogP contribution in [0.1, 0.15) is 18.4 Å². The van der Waals surface area contributed by atoms with Gasteiger partial charge in [0.15, 0.2) is 0 Å². The lowest BCUT2D eigenvalue weighted by Crippen LogP contribution is -2.34. The van der Waals surface area contributed by atoms with Crippen molar-refractivity contribution >= 4 is 39.7 Å². The first-order valence-electron chi connectivity index (χ1n) is 4.96. The van der Waals surface area contributed by atoms with Crippen LogP contribution in [0.2, 0.25) is 0 Å². The molecule has 0 aromatic carbocycles. The van der Waals surface area contributed by atoms with Crippen molar-refractivity contribution < 1.29 is 0 Å². The summed E-state index contributed by atoms with van der Waals surface area (Å²) in [6.07, 6.45) is 2.56. The van der Waals surface area contributed by atoms with Crippen LogP contribution in [-0.4, -0.2) is 24.0 Å². The van der Waals surface area contributed by atoms with Gasteiger partial charge in [-0.1, -0.05) is 0 Å². The van der Waals surface area contributed by atoms with Crippen LogP contribution in [0.4, 0.5) is 0 Å². The van der Waals surface area contributed by atoms with Crippen molar-refractivity contribution in [2.24, 2.45) is 5.73 Å². The summed E-state index contributed by atoms with van der Waals surface area (Å²) in [6, 6.07) is 2.81. The first-order valence-corrected chi connectivity index (χ1v) is 6.64. The lowest BCUT2D eigenvalue weighted by Gasteiger charge is -2.22. The van der Waals surface area contributed by atoms with Gasteiger partial charge in [-0.15, -0.1) is 23.7 Å². The van der Waals surface area contributed by atoms with Crippen LogP contribution in [0.25, 0.3) is 0 Å². The summed E-state index contributed by atoms with van der Waals surface area (Å²) in [4.78, 5) is 2.49. The lowest BCUT2D eigenvalue weighted by atomic mass is 10.2. The van der Waals surface area contributed by atoms with E-state index in [1.54, 1.807) is 11.3 Å². The van der Waals surface area contributed by atoms with E-state index in [-0.39, 0.29) is 12.4 Å². The molecule has 2 N–H and O–H groups in total. The van der Waals surface area contributed by atoms with Crippen LogP contribution in [0.15, 0.2) is 15.2 Å². The summed E-state index contributed by atoms with van der Waals surface area (Å²) in [5.41, 5.74) is 7.14. The van der Waals surface area contributed by atoms with E-state index >= 15 is 0 Å². The highest BCUT2D eigenvalue weighted by molar-refractivity contribution is 9.11. The minimum Gasteiger partial charge on any atom is -0.329 e. The molecular formula is C10H16BrClN2S. The molecule has 1 atom stereocenters. The van der Waals surface area contributed by atoms with Gasteiger partial charge in [-0.05, 0) is 52.3 Å². The Morgan fingerprint density at radius 2 is 2.40 bits per heavy atom. The Hall–Kier alpha value is 0.390. The number of nitrogens with zero attached hydrogens (tertiary/aromatic N) is 1. The van der Waals surface area contributed by atoms with Gasteiger partial charge in [0.1, 0.15) is 0 Å². The molecule has 0 saturated carbocycles. The molecule has 2 heterocycles. The fraction of sp³-hybridized carbons (Fsp3) is 0.600. The highest BCUT2D eigenvalue weighted by Crippen LogP contribution is 2.24. The van der Waals surface area contributed by atoms with Gasteiger partial charge in [0.25, 0.3) is 0 Å². The molecule has 0 radical (unpaired) electrons. The fourth-order valence-electron chi connectivity index (χ4n) is 2.03. The van der Waals surface area contributed by atoms with E-state index in [4.69, 9.17) is 5.73 Å². The standard InChI is InChI=1S/C10H15BrN2S.ClH/c11-10-4-8(7-14-10)6-13-3-1-2-9(13)5-12;/h4,7,9H,1-3,5-6,12H2;1H. The molecule has 15 heavy (non-hydrogen) atoms. The second kappa shape index (κ2) is 6.21. The highest BCUT2D eigenvalue weighted by Gasteiger charge is 2.22. The normalized spacial score (nSPS) is 21.6. The van der Waals surface area contributed by atoms with Gasteiger partial charge in [-0.3, -0.25) is 4.90 Å². The molecule has 1 saturated heterocycles. The SMILES string of the molecule is Cl.NCC1CCCN1Cc1csc(Br)c1. The zero-order valence-corrected chi connectivity index (χ0v) is 11.7. The summed E-state index contributed by atoms with van der Waals surface area (Å²) in [5, 5.41) is 2.22. The number of halogens is 2. The van der Waals surface area contributed by atoms with E-state index in [2.05, 4.69) is 32.3 Å². The van der Waals surface area contributed by atoms with Crippen LogP contribution in [-0.2, 0) is 6.54 Å². The second-order valence-electron chi connectivity index (χ2n) is 3.76. The lowest BCUT2D eigenvalue weighted by molar-refractivity contribution is 0.250. The van der Waals surface area contributed by atoms with Crippen molar-refractivity contribution in [2.45, 2.75) is 25.4 Å². The van der Waals surface area contributed by atoms with Crippen molar-refractivity contribution in [3.63, 3.8) is 0 Å². The molecule has 0 aliphatic carbocycles. The van der Waals surface area contributed by atoms with Crippen molar-refractivity contribution in [3.05, 3.63) is 20.8 Å². The Morgan fingerprint density at radius 3 is 3.00 bits per heavy atom. The van der Waals surface area contributed by atoms with E-state index < -0.39 is 0 Å². The van der Waals surface area contributed by atoms with E-state index in [9.17, 15) is 0 Å². The number of nitrogens with two attached hydrogens (primary N) is 1. The first kappa shape index (κ1) is 13.5. The van der Waals surface area contributed by atoms with Crippen molar-refractivity contribution in [1.82, 2.24) is 4.90 Å². The minimum absolute atomic E-state index is 0. The zero-order valence-electron chi connectivity index (χ0n) is 8.49. The molecule has 2 rings (SSSR count). The Morgan fingerprint density at radius 1 is 1.60 bits per heavy atom. The van der Waals surface area contributed by atoms with Gasteiger partial charge in [0, 0.05) is 19.1 Å². The summed E-state index contributed by atoms with van der Waals surface area (Å²) in [6.45, 7) is 3.06. The molecule has 86 valence electrons. The summed E-state index contributed by atoms with van der Waals surface area (Å²) < 4.78 is 1.22. The maximum Gasteiger partial charge on any atom is 0.0701 e. The number of rotatable bonds is 3. The van der Waals surface area contributed by atoms with E-state index in [1.165, 1.54) is 28.7 Å². The quantitative estimate of drug-likeness (QED) is 0.930. The summed E-state index contributed by atoms with van der Waals surface area (Å²) in [5.74, 6) is 0. The van der Waals surface area contributed by atoms with Crippen molar-refractivity contribution in [3.8, 4) is 0 Å². The molecule has 1 aromatic heterocycles. The predicted octanol–water partition coefficient (Wildman–Crippen LogP) is 2.86. The maximum atomic E-state index is 5.73. The zero-order chi connectivity index (χ0) is 9.97. The molecule has 1 aliphatic heterocycles. The molecule has 1 unspecified atom stereocenters. The monoisotopic (exact) mass is 310 g/mol. The largest absolute Gasteiger partial charge is 0.329 e. The van der Waals surface area contributed by atoms with Crippen LogP contribution >= 0.6 is 39.7 Å². The average molecular weight is 312 g/mol. The number of thiophene rings is 1. The van der Waals surface area contributed by atoms with Crippen LogP contribution in [0.3, 0.4) is 0 Å². The van der Waals surface area contributed by atoms with E-state index in [0.29, 0.717) is 6.04 Å². The van der Waals surface area contributed by atoms with Crippen molar-refractivity contribution in [1.29, 1.82) is 0 Å². The number of hydrogen-bond donors (Lipinski definition) is 1. The van der Waals surface area contributed by atoms with Crippen molar-refractivity contribution in [2.75, 3.05) is 13.1 Å². The van der Waals surface area contributed by atoms with Crippen LogP contribution in [0, 0.1) is 0 Å². The molecular weight excluding hydrogens is 296 g/mol. The van der Waals surface area contributed by atoms with Crippen LogP contribution < -0.4 is 5.73 Å². The smallest absolute Gasteiger partial charge is 0.0701 e. The third-order valence-electron chi connectivity index (χ3n) is 2.78. The molecule has 1 aromatic rings. The minimum atomic E-state index is 0. The summed E-state index contributed by atoms with van der Waals surface area (Å²) >= 11 is 5.24. The molecule has 1 aliphatic rings. The highest BCUT2D eigenvalue weighted by atomic mass is 79.9. The Balaban J connectivity index is 0.00000112. The number of likely N-dealkylation sites (tertiary alicyclic amines) is 1. The predicted molar refractivity (Wildman–Crippen MR) is 71.8 cm³/mol. The van der Waals surface area contributed by atoms with Gasteiger partial charge in [0.05, 0.1) is 3.79 Å². The van der Waals surface area contributed by atoms with E-state index in [1.807, 2.05) is 0 Å². The molecule has 1 fully saturated rings. The van der Waals surface area contributed by atoms with Crippen LogP contribution in [0.5, 0.6) is 0 Å². The van der Waals surface area contributed by atoms with Gasteiger partial charge >= 0.3 is 0 Å². The second-order valence-corrected chi connectivity index (χ2v) is 6.05. The molecule has 2 nitrogen and oxygen atoms in total. The topological polar surface area (TPSA) is 29.3 Å². The maximum absolute atomic E-state index is 5.73. The average Bonchev–Trinajstić information content (AvgIpc) is 2.76. The third-order valence-corrected chi connectivity index (χ3v) is 4.33. The van der Waals surface area contributed by atoms with Gasteiger partial charge < -0.3 is 5.73 Å². The summed E-state index contributed by atoms with van der Waals surface area (Å²) in [7, 11) is 0. The third kappa shape index (κ3) is 3.43. The van der Waals surface area contributed by atoms with E-state index in [0.717, 1.165) is 13.1 Å². The van der Waals surface area contributed by atoms with Gasteiger partial charge in [-0.2, -0.15) is 0 Å². The molecule has 0 amide bonds. The fourth-order valence-corrected chi connectivity index (χ4v) is 3.23.